The molecule has 0 bridgehead atoms. The first-order valence-corrected chi connectivity index (χ1v) is 5.09. The van der Waals surface area contributed by atoms with Crippen LogP contribution in [0.2, 0.25) is 0 Å². The van der Waals surface area contributed by atoms with Crippen LogP contribution >= 0.6 is 0 Å². The molecule has 22 heavy (non-hydrogen) atoms. The Bertz CT molecular complexity index is 407. The van der Waals surface area contributed by atoms with Crippen molar-refractivity contribution in [3.63, 3.8) is 0 Å². The van der Waals surface area contributed by atoms with E-state index in [1.807, 2.05) is 0 Å². The zero-order valence-electron chi connectivity index (χ0n) is 10.6. The van der Waals surface area contributed by atoms with Gasteiger partial charge < -0.3 is 5.11 Å². The van der Waals surface area contributed by atoms with Crippen LogP contribution in [0.4, 0.5) is 52.7 Å². The van der Waals surface area contributed by atoms with Gasteiger partial charge in [0.25, 0.3) is 0 Å². The van der Waals surface area contributed by atoms with Gasteiger partial charge in [-0.2, -0.15) is 43.9 Å². The average molecular weight is 360 g/mol. The molecule has 0 spiro atoms. The Hall–Kier alpha value is -0.880. The zero-order chi connectivity index (χ0) is 18.6. The van der Waals surface area contributed by atoms with E-state index in [4.69, 9.17) is 5.11 Å². The Morgan fingerprint density at radius 3 is 1.09 bits per heavy atom. The smallest absolute Gasteiger partial charge is 0.384 e. The lowest BCUT2D eigenvalue weighted by Crippen LogP contribution is -2.72. The summed E-state index contributed by atoms with van der Waals surface area (Å²) in [7, 11) is 0. The number of alkyl halides is 12. The maximum Gasteiger partial charge on any atom is 0.384 e. The normalized spacial score (nSPS) is 16.4. The van der Waals surface area contributed by atoms with Gasteiger partial charge in [-0.25, -0.2) is 8.78 Å². The van der Waals surface area contributed by atoms with Gasteiger partial charge in [-0.15, -0.1) is 0 Å². The predicted molar refractivity (Wildman–Crippen MR) is 47.0 cm³/mol. The van der Waals surface area contributed by atoms with Crippen LogP contribution in [-0.2, 0) is 0 Å². The molecule has 134 valence electrons. The molecule has 0 radical (unpaired) electrons. The zero-order valence-corrected chi connectivity index (χ0v) is 10.6. The molecule has 0 saturated carbocycles. The third kappa shape index (κ3) is 2.50. The predicted octanol–water partition coefficient (Wildman–Crippen LogP) is 4.20. The van der Waals surface area contributed by atoms with E-state index in [0.717, 1.165) is 0 Å². The summed E-state index contributed by atoms with van der Waals surface area (Å²) < 4.78 is 152. The molecular formula is C9H8F12O. The van der Waals surface area contributed by atoms with Gasteiger partial charge in [-0.3, -0.25) is 0 Å². The van der Waals surface area contributed by atoms with Crippen LogP contribution in [0, 0.1) is 0 Å². The average Bonchev–Trinajstić information content (AvgIpc) is 2.25. The first kappa shape index (κ1) is 21.1. The molecule has 0 aliphatic heterocycles. The van der Waals surface area contributed by atoms with Gasteiger partial charge in [0.1, 0.15) is 5.60 Å². The van der Waals surface area contributed by atoms with Crippen molar-refractivity contribution in [1.29, 1.82) is 0 Å². The summed E-state index contributed by atoms with van der Waals surface area (Å²) in [5, 5.41) is 8.68. The van der Waals surface area contributed by atoms with E-state index in [-0.39, 0.29) is 13.8 Å². The second-order valence-electron chi connectivity index (χ2n) is 4.78. The second kappa shape index (κ2) is 5.06. The van der Waals surface area contributed by atoms with E-state index >= 15 is 0 Å². The molecule has 0 rings (SSSR count). The molecule has 0 fully saturated rings. The number of halogens is 12. The van der Waals surface area contributed by atoms with Crippen molar-refractivity contribution in [3.8, 4) is 0 Å². The molecule has 0 aliphatic carbocycles. The van der Waals surface area contributed by atoms with E-state index in [2.05, 4.69) is 0 Å². The van der Waals surface area contributed by atoms with Crippen molar-refractivity contribution in [2.24, 2.45) is 0 Å². The van der Waals surface area contributed by atoms with Gasteiger partial charge in [0, 0.05) is 0 Å². The van der Waals surface area contributed by atoms with Crippen LogP contribution in [0.1, 0.15) is 13.8 Å². The Balaban J connectivity index is 6.24. The van der Waals surface area contributed by atoms with Gasteiger partial charge in [0.15, 0.2) is 0 Å². The minimum atomic E-state index is -7.61. The number of aliphatic hydroxyl groups is 1. The molecule has 0 aliphatic rings. The Kier molecular flexibility index (Phi) is 4.86. The van der Waals surface area contributed by atoms with Crippen LogP contribution in [0.3, 0.4) is 0 Å². The molecule has 0 aromatic rings. The summed E-state index contributed by atoms with van der Waals surface area (Å²) in [5.74, 6) is -35.8. The molecule has 0 atom stereocenters. The molecule has 0 saturated heterocycles. The van der Waals surface area contributed by atoms with Crippen LogP contribution in [0.15, 0.2) is 0 Å². The standard InChI is InChI=1S/C9H8F12O/c1-4(2,22)6(14,15)8(18,19)9(20,21)7(16,17)5(12,13)3(10)11/h3,22H,1-2H3. The third-order valence-electron chi connectivity index (χ3n) is 2.64. The van der Waals surface area contributed by atoms with Crippen LogP contribution in [0.25, 0.3) is 0 Å². The third-order valence-corrected chi connectivity index (χ3v) is 2.64. The van der Waals surface area contributed by atoms with Crippen molar-refractivity contribution in [2.45, 2.75) is 55.5 Å². The maximum atomic E-state index is 13.1. The molecule has 1 nitrogen and oxygen atoms in total. The highest BCUT2D eigenvalue weighted by Crippen LogP contribution is 2.59. The van der Waals surface area contributed by atoms with Crippen molar-refractivity contribution < 1.29 is 57.8 Å². The lowest BCUT2D eigenvalue weighted by atomic mass is 9.87. The number of hydrogen-bond acceptors (Lipinski definition) is 1. The Morgan fingerprint density at radius 2 is 0.864 bits per heavy atom. The van der Waals surface area contributed by atoms with Crippen molar-refractivity contribution >= 4 is 0 Å². The van der Waals surface area contributed by atoms with Crippen LogP contribution in [-0.4, -0.2) is 46.7 Å². The molecule has 13 heteroatoms. The van der Waals surface area contributed by atoms with Crippen LogP contribution < -0.4 is 0 Å². The highest BCUT2D eigenvalue weighted by atomic mass is 19.4. The summed E-state index contributed by atoms with van der Waals surface area (Å²) in [5.41, 5.74) is -4.06. The molecule has 1 N–H and O–H groups in total. The lowest BCUT2D eigenvalue weighted by Gasteiger charge is -2.42. The molecule has 0 amide bonds. The lowest BCUT2D eigenvalue weighted by molar-refractivity contribution is -0.426. The summed E-state index contributed by atoms with van der Waals surface area (Å²) in [4.78, 5) is 0. The number of rotatable bonds is 6. The van der Waals surface area contributed by atoms with Crippen molar-refractivity contribution in [3.05, 3.63) is 0 Å². The highest BCUT2D eigenvalue weighted by molar-refractivity contribution is 5.12. The van der Waals surface area contributed by atoms with Gasteiger partial charge >= 0.3 is 36.0 Å². The summed E-state index contributed by atoms with van der Waals surface area (Å²) in [6.45, 7) is -0.388. The van der Waals surface area contributed by atoms with E-state index in [1.165, 1.54) is 0 Å². The van der Waals surface area contributed by atoms with E-state index in [1.54, 1.807) is 0 Å². The largest absolute Gasteiger partial charge is 0.384 e. The molecule has 0 aromatic carbocycles. The fraction of sp³-hybridized carbons (Fsp3) is 1.00. The van der Waals surface area contributed by atoms with Crippen LogP contribution in [0.5, 0.6) is 0 Å². The fourth-order valence-corrected chi connectivity index (χ4v) is 1.12. The minimum Gasteiger partial charge on any atom is -0.384 e. The summed E-state index contributed by atoms with van der Waals surface area (Å²) >= 11 is 0. The highest BCUT2D eigenvalue weighted by Gasteiger charge is 2.89. The Labute approximate surface area is 114 Å². The van der Waals surface area contributed by atoms with Gasteiger partial charge in [0.05, 0.1) is 0 Å². The quantitative estimate of drug-likeness (QED) is 0.704. The van der Waals surface area contributed by atoms with E-state index < -0.39 is 41.6 Å². The van der Waals surface area contributed by atoms with Gasteiger partial charge in [0.2, 0.25) is 0 Å². The maximum absolute atomic E-state index is 13.1. The molecule has 0 unspecified atom stereocenters. The monoisotopic (exact) mass is 360 g/mol. The second-order valence-corrected chi connectivity index (χ2v) is 4.78. The first-order chi connectivity index (χ1) is 9.19. The topological polar surface area (TPSA) is 20.2 Å². The molecule has 0 heterocycles. The number of hydrogen-bond donors (Lipinski definition) is 1. The fourth-order valence-electron chi connectivity index (χ4n) is 1.12. The SMILES string of the molecule is CC(C)(O)C(F)(F)C(F)(F)C(F)(F)C(F)(F)C(F)(F)C(F)F. The molecule has 0 aromatic heterocycles. The van der Waals surface area contributed by atoms with E-state index in [0.29, 0.717) is 0 Å². The van der Waals surface area contributed by atoms with Gasteiger partial charge in [-0.1, -0.05) is 0 Å². The van der Waals surface area contributed by atoms with Gasteiger partial charge in [-0.05, 0) is 13.8 Å². The summed E-state index contributed by atoms with van der Waals surface area (Å²) in [6.07, 6.45) is -5.54. The van der Waals surface area contributed by atoms with Crippen molar-refractivity contribution in [2.75, 3.05) is 0 Å². The summed E-state index contributed by atoms with van der Waals surface area (Å²) in [6, 6.07) is 0. The molecular weight excluding hydrogens is 352 g/mol. The first-order valence-electron chi connectivity index (χ1n) is 5.09. The van der Waals surface area contributed by atoms with Crippen molar-refractivity contribution in [1.82, 2.24) is 0 Å². The Morgan fingerprint density at radius 1 is 0.591 bits per heavy atom. The minimum absolute atomic E-state index is 0.194. The van der Waals surface area contributed by atoms with E-state index in [9.17, 15) is 52.7 Å².